The monoisotopic (exact) mass is 614 g/mol. The van der Waals surface area contributed by atoms with Crippen LogP contribution in [0, 0.1) is 0 Å². The van der Waals surface area contributed by atoms with Gasteiger partial charge in [-0.25, -0.2) is 0 Å². The highest BCUT2D eigenvalue weighted by Gasteiger charge is 2.40. The van der Waals surface area contributed by atoms with Crippen LogP contribution in [-0.2, 0) is 27.4 Å². The minimum atomic E-state index is -0.497. The second-order valence-corrected chi connectivity index (χ2v) is 10.5. The van der Waals surface area contributed by atoms with Gasteiger partial charge in [0, 0.05) is 0 Å². The zero-order valence-electron chi connectivity index (χ0n) is 22.1. The molecule has 4 aromatic carbocycles. The van der Waals surface area contributed by atoms with Gasteiger partial charge in [-0.1, -0.05) is 61.5 Å². The van der Waals surface area contributed by atoms with Crippen molar-refractivity contribution in [3.05, 3.63) is 112 Å². The number of fused-ring (bicyclic) bond motifs is 1. The minimum Gasteiger partial charge on any atom is -0.488 e. The predicted octanol–water partition coefficient (Wildman–Crippen LogP) is 6.89. The summed E-state index contributed by atoms with van der Waals surface area (Å²) in [7, 11) is 1.31. The van der Waals surface area contributed by atoms with Gasteiger partial charge in [-0.3, -0.25) is 14.5 Å². The van der Waals surface area contributed by atoms with Gasteiger partial charge in [0.2, 0.25) is 0 Å². The zero-order chi connectivity index (χ0) is 28.2. The van der Waals surface area contributed by atoms with Gasteiger partial charge >= 0.3 is 5.97 Å². The lowest BCUT2D eigenvalue weighted by molar-refractivity contribution is -0.140. The Kier molecular flexibility index (Phi) is 8.28. The van der Waals surface area contributed by atoms with Crippen molar-refractivity contribution in [1.29, 1.82) is 0 Å². The topological polar surface area (TPSA) is 59.1 Å². The largest absolute Gasteiger partial charge is 0.488 e. The first-order valence-corrected chi connectivity index (χ1v) is 14.0. The molecule has 1 aliphatic rings. The molecule has 0 aromatic heterocycles. The number of benzene rings is 4. The molecule has 8 heteroatoms. The number of ether oxygens (including phenoxy) is 2. The van der Waals surface area contributed by atoms with E-state index in [1.807, 2.05) is 54.6 Å². The summed E-state index contributed by atoms with van der Waals surface area (Å²) in [6, 6.07) is 27.7. The first-order valence-electron chi connectivity index (χ1n) is 12.8. The zero-order valence-corrected chi connectivity index (χ0v) is 24.5. The molecule has 1 aliphatic heterocycles. The Hall–Kier alpha value is -4.01. The first kappa shape index (κ1) is 27.6. The van der Waals surface area contributed by atoms with E-state index in [1.54, 1.807) is 6.08 Å². The van der Waals surface area contributed by atoms with Crippen LogP contribution in [0.15, 0.2) is 95.1 Å². The Labute approximate surface area is 246 Å². The van der Waals surface area contributed by atoms with E-state index in [2.05, 4.69) is 53.2 Å². The number of amides is 1. The summed E-state index contributed by atoms with van der Waals surface area (Å²) < 4.78 is 11.7. The number of nitrogens with zero attached hydrogens (tertiary/aromatic N) is 2. The molecule has 6 nitrogen and oxygen atoms in total. The molecule has 0 N–H and O–H groups in total. The SMILES string of the molecule is CCc1ccc(N2C(=O)/C(=C/c3ccc(OCc4ccc5ccccc5c4)c(Br)c3)N(CC(=O)OC)C2=S)cc1. The average Bonchev–Trinajstić information content (AvgIpc) is 3.20. The molecule has 1 heterocycles. The van der Waals surface area contributed by atoms with Crippen LogP contribution >= 0.6 is 28.1 Å². The van der Waals surface area contributed by atoms with Crippen LogP contribution in [0.3, 0.4) is 0 Å². The number of carbonyl (C=O) groups is 2. The number of hydrogen-bond acceptors (Lipinski definition) is 5. The van der Waals surface area contributed by atoms with E-state index in [-0.39, 0.29) is 23.3 Å². The molecule has 202 valence electrons. The number of hydrogen-bond donors (Lipinski definition) is 0. The maximum Gasteiger partial charge on any atom is 0.325 e. The van der Waals surface area contributed by atoms with Gasteiger partial charge in [0.05, 0.1) is 17.3 Å². The molecule has 5 rings (SSSR count). The smallest absolute Gasteiger partial charge is 0.325 e. The number of thiocarbonyl (C=S) groups is 1. The molecule has 1 fully saturated rings. The van der Waals surface area contributed by atoms with Crippen LogP contribution in [0.2, 0.25) is 0 Å². The van der Waals surface area contributed by atoms with Gasteiger partial charge in [0.1, 0.15) is 24.6 Å². The Morgan fingerprint density at radius 2 is 1.68 bits per heavy atom. The Balaban J connectivity index is 1.39. The normalized spacial score (nSPS) is 14.3. The first-order chi connectivity index (χ1) is 19.4. The third-order valence-corrected chi connectivity index (χ3v) is 7.74. The van der Waals surface area contributed by atoms with Gasteiger partial charge in [-0.05, 0) is 98.4 Å². The second kappa shape index (κ2) is 12.0. The number of rotatable bonds is 8. The van der Waals surface area contributed by atoms with Crippen molar-refractivity contribution in [2.45, 2.75) is 20.0 Å². The number of methoxy groups -OCH3 is 1. The quantitative estimate of drug-likeness (QED) is 0.122. The third kappa shape index (κ3) is 5.78. The maximum absolute atomic E-state index is 13.6. The van der Waals surface area contributed by atoms with Crippen molar-refractivity contribution in [3.63, 3.8) is 0 Å². The van der Waals surface area contributed by atoms with Gasteiger partial charge < -0.3 is 14.4 Å². The summed E-state index contributed by atoms with van der Waals surface area (Å²) in [5.41, 5.74) is 3.88. The summed E-state index contributed by atoms with van der Waals surface area (Å²) in [6.45, 7) is 2.30. The van der Waals surface area contributed by atoms with Crippen molar-refractivity contribution >= 4 is 67.7 Å². The molecule has 0 saturated carbocycles. The molecule has 0 unspecified atom stereocenters. The Morgan fingerprint density at radius 1 is 0.950 bits per heavy atom. The number of aryl methyl sites for hydroxylation is 1. The van der Waals surface area contributed by atoms with Crippen LogP contribution in [-0.4, -0.2) is 35.5 Å². The molecular formula is C32H27BrN2O4S. The molecular weight excluding hydrogens is 588 g/mol. The molecule has 0 atom stereocenters. The molecule has 0 aliphatic carbocycles. The fourth-order valence-corrected chi connectivity index (χ4v) is 5.37. The lowest BCUT2D eigenvalue weighted by atomic mass is 10.1. The molecule has 0 bridgehead atoms. The van der Waals surface area contributed by atoms with Crippen LogP contribution in [0.5, 0.6) is 5.75 Å². The number of carbonyl (C=O) groups excluding carboxylic acids is 2. The third-order valence-electron chi connectivity index (χ3n) is 6.72. The number of halogens is 1. The van der Waals surface area contributed by atoms with Crippen LogP contribution in [0.25, 0.3) is 16.8 Å². The second-order valence-electron chi connectivity index (χ2n) is 9.30. The molecule has 0 spiro atoms. The summed E-state index contributed by atoms with van der Waals surface area (Å²) in [4.78, 5) is 28.8. The van der Waals surface area contributed by atoms with E-state index >= 15 is 0 Å². The molecule has 1 saturated heterocycles. The van der Waals surface area contributed by atoms with Crippen LogP contribution in [0.1, 0.15) is 23.6 Å². The van der Waals surface area contributed by atoms with Crippen molar-refractivity contribution in [1.82, 2.24) is 4.90 Å². The molecule has 40 heavy (non-hydrogen) atoms. The summed E-state index contributed by atoms with van der Waals surface area (Å²) >= 11 is 9.25. The average molecular weight is 616 g/mol. The number of anilines is 1. The lowest BCUT2D eigenvalue weighted by Crippen LogP contribution is -2.35. The standard InChI is InChI=1S/C32H27BrN2O4S/c1-3-21-9-13-26(14-10-21)35-31(37)28(34(32(35)40)19-30(36)38-2)18-22-11-15-29(27(33)17-22)39-20-23-8-12-24-6-4-5-7-25(24)16-23/h4-18H,3,19-20H2,1-2H3/b28-18-. The summed E-state index contributed by atoms with van der Waals surface area (Å²) in [5.74, 6) is -0.138. The van der Waals surface area contributed by atoms with Crippen molar-refractivity contribution in [3.8, 4) is 5.75 Å². The summed E-state index contributed by atoms with van der Waals surface area (Å²) in [6.07, 6.45) is 2.60. The van der Waals surface area contributed by atoms with E-state index in [9.17, 15) is 9.59 Å². The van der Waals surface area contributed by atoms with Gasteiger partial charge in [-0.15, -0.1) is 0 Å². The fourth-order valence-electron chi connectivity index (χ4n) is 4.51. The van der Waals surface area contributed by atoms with Gasteiger partial charge in [0.25, 0.3) is 5.91 Å². The lowest BCUT2D eigenvalue weighted by Gasteiger charge is -2.19. The molecule has 1 amide bonds. The Morgan fingerprint density at radius 3 is 2.38 bits per heavy atom. The highest BCUT2D eigenvalue weighted by Crippen LogP contribution is 2.32. The maximum atomic E-state index is 13.6. The van der Waals surface area contributed by atoms with E-state index in [0.29, 0.717) is 18.0 Å². The van der Waals surface area contributed by atoms with Crippen molar-refractivity contribution < 1.29 is 19.1 Å². The van der Waals surface area contributed by atoms with E-state index in [0.717, 1.165) is 33.0 Å². The number of esters is 1. The van der Waals surface area contributed by atoms with Gasteiger partial charge in [0.15, 0.2) is 5.11 Å². The molecule has 0 radical (unpaired) electrons. The summed E-state index contributed by atoms with van der Waals surface area (Å²) in [5, 5.41) is 2.57. The van der Waals surface area contributed by atoms with Crippen molar-refractivity contribution in [2.75, 3.05) is 18.6 Å². The van der Waals surface area contributed by atoms with E-state index in [1.165, 1.54) is 22.3 Å². The van der Waals surface area contributed by atoms with Crippen molar-refractivity contribution in [2.24, 2.45) is 0 Å². The van der Waals surface area contributed by atoms with Crippen LogP contribution < -0.4 is 9.64 Å². The van der Waals surface area contributed by atoms with E-state index < -0.39 is 5.97 Å². The minimum absolute atomic E-state index is 0.176. The van der Waals surface area contributed by atoms with E-state index in [4.69, 9.17) is 21.7 Å². The van der Waals surface area contributed by atoms with Crippen LogP contribution in [0.4, 0.5) is 5.69 Å². The highest BCUT2D eigenvalue weighted by atomic mass is 79.9. The molecule has 4 aromatic rings. The highest BCUT2D eigenvalue weighted by molar-refractivity contribution is 9.10. The fraction of sp³-hybridized carbons (Fsp3) is 0.156. The predicted molar refractivity (Wildman–Crippen MR) is 165 cm³/mol. The Bertz CT molecular complexity index is 1630. The van der Waals surface area contributed by atoms with Gasteiger partial charge in [-0.2, -0.15) is 0 Å².